The number of halogens is 4. The monoisotopic (exact) mass is 279 g/mol. The standard InChI is InChI=1S/C13H17F4NO/c1-9-3-4-10(7-11(9)14)12(19)5-6-18(2)8-13(15,16)17/h3-4,7,12,19H,5-6,8H2,1-2H3. The third-order valence-electron chi connectivity index (χ3n) is 2.81. The fraction of sp³-hybridized carbons (Fsp3) is 0.538. The molecular weight excluding hydrogens is 262 g/mol. The maximum atomic E-state index is 13.3. The molecule has 1 aromatic rings. The largest absolute Gasteiger partial charge is 0.401 e. The molecule has 0 bridgehead atoms. The highest BCUT2D eigenvalue weighted by Gasteiger charge is 2.29. The van der Waals surface area contributed by atoms with Crippen molar-refractivity contribution in [1.29, 1.82) is 0 Å². The molecule has 1 N–H and O–H groups in total. The molecule has 0 radical (unpaired) electrons. The second-order valence-corrected chi connectivity index (χ2v) is 4.67. The molecule has 19 heavy (non-hydrogen) atoms. The third-order valence-corrected chi connectivity index (χ3v) is 2.81. The number of benzene rings is 1. The van der Waals surface area contributed by atoms with E-state index in [-0.39, 0.29) is 13.0 Å². The van der Waals surface area contributed by atoms with Gasteiger partial charge in [-0.1, -0.05) is 12.1 Å². The van der Waals surface area contributed by atoms with Gasteiger partial charge >= 0.3 is 6.18 Å². The lowest BCUT2D eigenvalue weighted by Crippen LogP contribution is -2.32. The smallest absolute Gasteiger partial charge is 0.388 e. The van der Waals surface area contributed by atoms with Crippen molar-refractivity contribution >= 4 is 0 Å². The molecule has 0 saturated heterocycles. The predicted octanol–water partition coefficient (Wildman–Crippen LogP) is 3.05. The number of hydrogen-bond donors (Lipinski definition) is 1. The first-order valence-corrected chi connectivity index (χ1v) is 5.88. The van der Waals surface area contributed by atoms with E-state index in [2.05, 4.69) is 0 Å². The van der Waals surface area contributed by atoms with Crippen LogP contribution in [0.15, 0.2) is 18.2 Å². The number of alkyl halides is 3. The minimum absolute atomic E-state index is 0.0795. The quantitative estimate of drug-likeness (QED) is 0.837. The van der Waals surface area contributed by atoms with Crippen LogP contribution in [0.5, 0.6) is 0 Å². The van der Waals surface area contributed by atoms with Crippen LogP contribution < -0.4 is 0 Å². The molecule has 1 unspecified atom stereocenters. The molecule has 0 aromatic heterocycles. The molecule has 0 amide bonds. The Bertz CT molecular complexity index is 420. The lowest BCUT2D eigenvalue weighted by Gasteiger charge is -2.20. The Kier molecular flexibility index (Phi) is 5.31. The van der Waals surface area contributed by atoms with Gasteiger partial charge in [-0.15, -0.1) is 0 Å². The van der Waals surface area contributed by atoms with Crippen molar-refractivity contribution < 1.29 is 22.7 Å². The number of aryl methyl sites for hydroxylation is 1. The highest BCUT2D eigenvalue weighted by molar-refractivity contribution is 5.24. The first-order chi connectivity index (χ1) is 8.69. The van der Waals surface area contributed by atoms with Gasteiger partial charge in [-0.25, -0.2) is 4.39 Å². The van der Waals surface area contributed by atoms with Crippen LogP contribution in [0.25, 0.3) is 0 Å². The third kappa shape index (κ3) is 5.57. The SMILES string of the molecule is Cc1ccc(C(O)CCN(C)CC(F)(F)F)cc1F. The Morgan fingerprint density at radius 2 is 1.95 bits per heavy atom. The summed E-state index contributed by atoms with van der Waals surface area (Å²) in [6, 6.07) is 4.32. The average Bonchev–Trinajstić information content (AvgIpc) is 2.27. The van der Waals surface area contributed by atoms with Gasteiger partial charge in [-0.2, -0.15) is 13.2 Å². The van der Waals surface area contributed by atoms with Gasteiger partial charge in [0, 0.05) is 6.54 Å². The average molecular weight is 279 g/mol. The second kappa shape index (κ2) is 6.34. The van der Waals surface area contributed by atoms with Gasteiger partial charge in [-0.05, 0) is 37.6 Å². The van der Waals surface area contributed by atoms with Gasteiger partial charge in [0.1, 0.15) is 5.82 Å². The summed E-state index contributed by atoms with van der Waals surface area (Å²) >= 11 is 0. The molecule has 0 aliphatic rings. The van der Waals surface area contributed by atoms with Crippen LogP contribution in [0.4, 0.5) is 17.6 Å². The van der Waals surface area contributed by atoms with E-state index in [0.717, 1.165) is 4.90 Å². The summed E-state index contributed by atoms with van der Waals surface area (Å²) < 4.78 is 49.6. The number of aliphatic hydroxyl groups excluding tert-OH is 1. The van der Waals surface area contributed by atoms with Crippen LogP contribution in [0.3, 0.4) is 0 Å². The van der Waals surface area contributed by atoms with Crippen LogP contribution in [0, 0.1) is 12.7 Å². The van der Waals surface area contributed by atoms with E-state index >= 15 is 0 Å². The van der Waals surface area contributed by atoms with Crippen molar-refractivity contribution in [2.45, 2.75) is 25.6 Å². The van der Waals surface area contributed by atoms with E-state index < -0.39 is 24.6 Å². The summed E-state index contributed by atoms with van der Waals surface area (Å²) in [5.74, 6) is -0.430. The highest BCUT2D eigenvalue weighted by atomic mass is 19.4. The van der Waals surface area contributed by atoms with Crippen LogP contribution in [0.2, 0.25) is 0 Å². The van der Waals surface area contributed by atoms with Gasteiger partial charge < -0.3 is 5.11 Å². The molecule has 2 nitrogen and oxygen atoms in total. The van der Waals surface area contributed by atoms with Gasteiger partial charge in [-0.3, -0.25) is 4.90 Å². The van der Waals surface area contributed by atoms with E-state index in [1.165, 1.54) is 19.2 Å². The second-order valence-electron chi connectivity index (χ2n) is 4.67. The van der Waals surface area contributed by atoms with E-state index in [9.17, 15) is 22.7 Å². The summed E-state index contributed by atoms with van der Waals surface area (Å²) in [6.45, 7) is 0.654. The zero-order valence-corrected chi connectivity index (χ0v) is 10.8. The molecule has 0 spiro atoms. The summed E-state index contributed by atoms with van der Waals surface area (Å²) in [4.78, 5) is 1.08. The molecule has 0 heterocycles. The van der Waals surface area contributed by atoms with E-state index in [1.54, 1.807) is 13.0 Å². The molecular formula is C13H17F4NO. The summed E-state index contributed by atoms with van der Waals surface area (Å²) in [5.41, 5.74) is 0.841. The fourth-order valence-electron chi connectivity index (χ4n) is 1.71. The number of hydrogen-bond acceptors (Lipinski definition) is 2. The van der Waals surface area contributed by atoms with Crippen molar-refractivity contribution in [3.63, 3.8) is 0 Å². The van der Waals surface area contributed by atoms with Gasteiger partial charge in [0.15, 0.2) is 0 Å². The molecule has 1 atom stereocenters. The summed E-state index contributed by atoms with van der Waals surface area (Å²) in [7, 11) is 1.33. The highest BCUT2D eigenvalue weighted by Crippen LogP contribution is 2.21. The number of rotatable bonds is 5. The van der Waals surface area contributed by atoms with Crippen LogP contribution in [0.1, 0.15) is 23.7 Å². The number of nitrogens with zero attached hydrogens (tertiary/aromatic N) is 1. The molecule has 0 saturated carbocycles. The molecule has 6 heteroatoms. The lowest BCUT2D eigenvalue weighted by atomic mass is 10.0. The minimum atomic E-state index is -4.25. The Hall–Kier alpha value is -1.14. The van der Waals surface area contributed by atoms with Crippen molar-refractivity contribution in [3.05, 3.63) is 35.1 Å². The zero-order chi connectivity index (χ0) is 14.6. The lowest BCUT2D eigenvalue weighted by molar-refractivity contribution is -0.143. The fourth-order valence-corrected chi connectivity index (χ4v) is 1.71. The van der Waals surface area contributed by atoms with Crippen LogP contribution in [-0.4, -0.2) is 36.3 Å². The molecule has 1 rings (SSSR count). The Morgan fingerprint density at radius 1 is 1.32 bits per heavy atom. The van der Waals surface area contributed by atoms with Crippen molar-refractivity contribution in [2.24, 2.45) is 0 Å². The molecule has 0 aliphatic carbocycles. The van der Waals surface area contributed by atoms with Crippen LogP contribution in [-0.2, 0) is 0 Å². The molecule has 0 fully saturated rings. The maximum absolute atomic E-state index is 13.3. The van der Waals surface area contributed by atoms with Crippen molar-refractivity contribution in [3.8, 4) is 0 Å². The normalized spacial score (nSPS) is 13.9. The van der Waals surface area contributed by atoms with Gasteiger partial charge in [0.25, 0.3) is 0 Å². The van der Waals surface area contributed by atoms with Gasteiger partial charge in [0.2, 0.25) is 0 Å². The van der Waals surface area contributed by atoms with Crippen molar-refractivity contribution in [2.75, 3.05) is 20.1 Å². The van der Waals surface area contributed by atoms with Crippen molar-refractivity contribution in [1.82, 2.24) is 4.90 Å². The number of aliphatic hydroxyl groups is 1. The minimum Gasteiger partial charge on any atom is -0.388 e. The summed E-state index contributed by atoms with van der Waals surface area (Å²) in [6.07, 6.45) is -5.10. The Morgan fingerprint density at radius 3 is 2.47 bits per heavy atom. The van der Waals surface area contributed by atoms with Gasteiger partial charge in [0.05, 0.1) is 12.6 Å². The first kappa shape index (κ1) is 15.9. The Labute approximate surface area is 109 Å². The van der Waals surface area contributed by atoms with E-state index in [1.807, 2.05) is 0 Å². The zero-order valence-electron chi connectivity index (χ0n) is 10.8. The first-order valence-electron chi connectivity index (χ1n) is 5.88. The molecule has 108 valence electrons. The Balaban J connectivity index is 2.51. The van der Waals surface area contributed by atoms with E-state index in [4.69, 9.17) is 0 Å². The maximum Gasteiger partial charge on any atom is 0.401 e. The predicted molar refractivity (Wildman–Crippen MR) is 64.3 cm³/mol. The topological polar surface area (TPSA) is 23.5 Å². The molecule has 1 aromatic carbocycles. The van der Waals surface area contributed by atoms with Crippen LogP contribution >= 0.6 is 0 Å². The summed E-state index contributed by atoms with van der Waals surface area (Å²) in [5, 5.41) is 9.81. The molecule has 0 aliphatic heterocycles. The van der Waals surface area contributed by atoms with E-state index in [0.29, 0.717) is 11.1 Å².